The Morgan fingerprint density at radius 3 is 2.92 bits per heavy atom. The summed E-state index contributed by atoms with van der Waals surface area (Å²) >= 11 is 0. The molecule has 0 aliphatic heterocycles. The maximum Gasteiger partial charge on any atom is 0.120 e. The molecule has 0 aromatic heterocycles. The van der Waals surface area contributed by atoms with Crippen molar-refractivity contribution in [1.29, 1.82) is 0 Å². The third kappa shape index (κ3) is 2.33. The average Bonchev–Trinajstić information content (AvgIpc) is 2.09. The highest BCUT2D eigenvalue weighted by atomic mass is 16.3. The molecule has 0 aliphatic rings. The van der Waals surface area contributed by atoms with Crippen molar-refractivity contribution in [2.45, 2.75) is 19.4 Å². The van der Waals surface area contributed by atoms with E-state index in [4.69, 9.17) is 5.73 Å². The molecule has 1 rings (SSSR count). The van der Waals surface area contributed by atoms with Crippen LogP contribution in [-0.2, 0) is 0 Å². The zero-order valence-electron chi connectivity index (χ0n) is 7.83. The van der Waals surface area contributed by atoms with E-state index in [9.17, 15) is 5.11 Å². The van der Waals surface area contributed by atoms with Gasteiger partial charge in [0, 0.05) is 11.6 Å². The molecule has 0 radical (unpaired) electrons. The Hall–Kier alpha value is -1.28. The SMILES string of the molecule is C=CC[C@@H](N)c1cc(C)ccc1O. The predicted molar refractivity (Wildman–Crippen MR) is 54.6 cm³/mol. The molecule has 0 spiro atoms. The Labute approximate surface area is 78.7 Å². The molecular weight excluding hydrogens is 162 g/mol. The van der Waals surface area contributed by atoms with Gasteiger partial charge in [0.2, 0.25) is 0 Å². The summed E-state index contributed by atoms with van der Waals surface area (Å²) < 4.78 is 0. The van der Waals surface area contributed by atoms with Crippen molar-refractivity contribution in [2.24, 2.45) is 5.73 Å². The molecule has 0 aliphatic carbocycles. The molecular formula is C11H15NO. The maximum atomic E-state index is 9.52. The van der Waals surface area contributed by atoms with Crippen LogP contribution in [0, 0.1) is 6.92 Å². The molecule has 0 fully saturated rings. The van der Waals surface area contributed by atoms with Crippen molar-refractivity contribution in [3.8, 4) is 5.75 Å². The fourth-order valence-corrected chi connectivity index (χ4v) is 1.28. The summed E-state index contributed by atoms with van der Waals surface area (Å²) in [6, 6.07) is 5.29. The minimum absolute atomic E-state index is 0.155. The van der Waals surface area contributed by atoms with Crippen LogP contribution in [0.5, 0.6) is 5.75 Å². The summed E-state index contributed by atoms with van der Waals surface area (Å²) in [4.78, 5) is 0. The number of phenolic OH excluding ortho intramolecular Hbond substituents is 1. The van der Waals surface area contributed by atoms with Gasteiger partial charge in [-0.15, -0.1) is 6.58 Å². The fraction of sp³-hybridized carbons (Fsp3) is 0.273. The van der Waals surface area contributed by atoms with Gasteiger partial charge in [0.05, 0.1) is 0 Å². The van der Waals surface area contributed by atoms with E-state index in [1.807, 2.05) is 19.1 Å². The molecule has 2 nitrogen and oxygen atoms in total. The van der Waals surface area contributed by atoms with Crippen LogP contribution >= 0.6 is 0 Å². The normalized spacial score (nSPS) is 12.5. The Morgan fingerprint density at radius 2 is 2.31 bits per heavy atom. The summed E-state index contributed by atoms with van der Waals surface area (Å²) in [6.45, 7) is 5.59. The third-order valence-corrected chi connectivity index (χ3v) is 2.00. The molecule has 2 heteroatoms. The molecule has 0 amide bonds. The van der Waals surface area contributed by atoms with Crippen molar-refractivity contribution in [2.75, 3.05) is 0 Å². The lowest BCUT2D eigenvalue weighted by Gasteiger charge is -2.11. The zero-order valence-corrected chi connectivity index (χ0v) is 7.83. The van der Waals surface area contributed by atoms with Crippen molar-refractivity contribution in [1.82, 2.24) is 0 Å². The van der Waals surface area contributed by atoms with E-state index in [-0.39, 0.29) is 11.8 Å². The van der Waals surface area contributed by atoms with Gasteiger partial charge < -0.3 is 10.8 Å². The van der Waals surface area contributed by atoms with Crippen LogP contribution in [0.4, 0.5) is 0 Å². The second-order valence-corrected chi connectivity index (χ2v) is 3.19. The zero-order chi connectivity index (χ0) is 9.84. The van der Waals surface area contributed by atoms with Gasteiger partial charge in [-0.2, -0.15) is 0 Å². The minimum atomic E-state index is -0.155. The highest BCUT2D eigenvalue weighted by Gasteiger charge is 2.08. The van der Waals surface area contributed by atoms with Crippen LogP contribution < -0.4 is 5.73 Å². The van der Waals surface area contributed by atoms with Crippen LogP contribution in [0.25, 0.3) is 0 Å². The summed E-state index contributed by atoms with van der Waals surface area (Å²) in [5.74, 6) is 0.264. The Balaban J connectivity index is 2.97. The Kier molecular flexibility index (Phi) is 3.09. The lowest BCUT2D eigenvalue weighted by atomic mass is 10.0. The quantitative estimate of drug-likeness (QED) is 0.696. The Morgan fingerprint density at radius 1 is 1.62 bits per heavy atom. The van der Waals surface area contributed by atoms with Crippen LogP contribution in [0.1, 0.15) is 23.6 Å². The van der Waals surface area contributed by atoms with Crippen molar-refractivity contribution >= 4 is 0 Å². The van der Waals surface area contributed by atoms with Gasteiger partial charge in [0.25, 0.3) is 0 Å². The second-order valence-electron chi connectivity index (χ2n) is 3.19. The highest BCUT2D eigenvalue weighted by Crippen LogP contribution is 2.25. The largest absolute Gasteiger partial charge is 0.508 e. The number of aryl methyl sites for hydroxylation is 1. The summed E-state index contributed by atoms with van der Waals surface area (Å²) in [5, 5.41) is 9.52. The number of nitrogens with two attached hydrogens (primary N) is 1. The molecule has 70 valence electrons. The number of rotatable bonds is 3. The van der Waals surface area contributed by atoms with E-state index in [0.717, 1.165) is 11.1 Å². The summed E-state index contributed by atoms with van der Waals surface area (Å²) in [5.41, 5.74) is 7.74. The van der Waals surface area contributed by atoms with E-state index < -0.39 is 0 Å². The molecule has 0 bridgehead atoms. The number of hydrogen-bond acceptors (Lipinski definition) is 2. The molecule has 0 unspecified atom stereocenters. The molecule has 13 heavy (non-hydrogen) atoms. The van der Waals surface area contributed by atoms with E-state index in [1.165, 1.54) is 0 Å². The van der Waals surface area contributed by atoms with Gasteiger partial charge in [-0.05, 0) is 19.4 Å². The van der Waals surface area contributed by atoms with Crippen LogP contribution in [0.2, 0.25) is 0 Å². The predicted octanol–water partition coefficient (Wildman–Crippen LogP) is 2.28. The standard InChI is InChI=1S/C11H15NO/c1-3-4-10(12)9-7-8(2)5-6-11(9)13/h3,5-7,10,13H,1,4,12H2,2H3/t10-/m1/s1. The van der Waals surface area contributed by atoms with Gasteiger partial charge in [-0.1, -0.05) is 23.8 Å². The van der Waals surface area contributed by atoms with E-state index in [0.29, 0.717) is 6.42 Å². The number of aromatic hydroxyl groups is 1. The highest BCUT2D eigenvalue weighted by molar-refractivity contribution is 5.38. The van der Waals surface area contributed by atoms with E-state index in [1.54, 1.807) is 12.1 Å². The first kappa shape index (κ1) is 9.81. The molecule has 3 N–H and O–H groups in total. The molecule has 1 aromatic rings. The monoisotopic (exact) mass is 177 g/mol. The van der Waals surface area contributed by atoms with Crippen molar-refractivity contribution in [3.05, 3.63) is 42.0 Å². The second kappa shape index (κ2) is 4.10. The van der Waals surface area contributed by atoms with Crippen LogP contribution in [-0.4, -0.2) is 5.11 Å². The first-order chi connectivity index (χ1) is 6.15. The Bertz CT molecular complexity index is 307. The molecule has 0 saturated carbocycles. The molecule has 0 saturated heterocycles. The summed E-state index contributed by atoms with van der Waals surface area (Å²) in [7, 11) is 0. The molecule has 0 heterocycles. The topological polar surface area (TPSA) is 46.2 Å². The van der Waals surface area contributed by atoms with Gasteiger partial charge in [-0.25, -0.2) is 0 Å². The van der Waals surface area contributed by atoms with Gasteiger partial charge in [0.1, 0.15) is 5.75 Å². The van der Waals surface area contributed by atoms with E-state index >= 15 is 0 Å². The van der Waals surface area contributed by atoms with E-state index in [2.05, 4.69) is 6.58 Å². The first-order valence-electron chi connectivity index (χ1n) is 4.31. The third-order valence-electron chi connectivity index (χ3n) is 2.00. The number of hydrogen-bond donors (Lipinski definition) is 2. The average molecular weight is 177 g/mol. The van der Waals surface area contributed by atoms with Crippen molar-refractivity contribution < 1.29 is 5.11 Å². The maximum absolute atomic E-state index is 9.52. The molecule has 1 atom stereocenters. The van der Waals surface area contributed by atoms with Crippen molar-refractivity contribution in [3.63, 3.8) is 0 Å². The van der Waals surface area contributed by atoms with Gasteiger partial charge in [-0.3, -0.25) is 0 Å². The first-order valence-corrected chi connectivity index (χ1v) is 4.31. The summed E-state index contributed by atoms with van der Waals surface area (Å²) in [6.07, 6.45) is 2.43. The molecule has 1 aromatic carbocycles. The lowest BCUT2D eigenvalue weighted by Crippen LogP contribution is -2.09. The van der Waals surface area contributed by atoms with Crippen LogP contribution in [0.3, 0.4) is 0 Å². The number of phenols is 1. The van der Waals surface area contributed by atoms with Crippen LogP contribution in [0.15, 0.2) is 30.9 Å². The minimum Gasteiger partial charge on any atom is -0.508 e. The number of benzene rings is 1. The van der Waals surface area contributed by atoms with Gasteiger partial charge in [0.15, 0.2) is 0 Å². The lowest BCUT2D eigenvalue weighted by molar-refractivity contribution is 0.461. The fourth-order valence-electron chi connectivity index (χ4n) is 1.28. The van der Waals surface area contributed by atoms with Gasteiger partial charge >= 0.3 is 0 Å². The smallest absolute Gasteiger partial charge is 0.120 e.